The number of nitrogens with zero attached hydrogens (tertiary/aromatic N) is 3. The van der Waals surface area contributed by atoms with Crippen LogP contribution in [0.25, 0.3) is 0 Å². The molecule has 0 aliphatic carbocycles. The Hall–Kier alpha value is -1.32. The third-order valence-corrected chi connectivity index (χ3v) is 4.59. The van der Waals surface area contributed by atoms with Gasteiger partial charge in [-0.2, -0.15) is 18.3 Å². The van der Waals surface area contributed by atoms with Crippen molar-refractivity contribution in [1.29, 1.82) is 0 Å². The second-order valence-electron chi connectivity index (χ2n) is 4.84. The largest absolute Gasteiger partial charge is 0.436 e. The van der Waals surface area contributed by atoms with Crippen molar-refractivity contribution in [2.24, 2.45) is 0 Å². The van der Waals surface area contributed by atoms with E-state index in [4.69, 9.17) is 23.2 Å². The maximum absolute atomic E-state index is 12.9. The van der Waals surface area contributed by atoms with Gasteiger partial charge in [-0.3, -0.25) is 9.48 Å². The Morgan fingerprint density at radius 1 is 1.42 bits per heavy atom. The predicted molar refractivity (Wildman–Crippen MR) is 87.3 cm³/mol. The summed E-state index contributed by atoms with van der Waals surface area (Å²) in [4.78, 5) is 16.1. The molecule has 1 N–H and O–H groups in total. The molecule has 1 atom stereocenters. The van der Waals surface area contributed by atoms with Crippen molar-refractivity contribution in [3.05, 3.63) is 38.2 Å². The van der Waals surface area contributed by atoms with Crippen molar-refractivity contribution in [2.75, 3.05) is 5.32 Å². The quantitative estimate of drug-likeness (QED) is 0.732. The lowest BCUT2D eigenvalue weighted by atomic mass is 10.3. The third-order valence-electron chi connectivity index (χ3n) is 3.14. The first-order valence-electron chi connectivity index (χ1n) is 6.46. The number of rotatable bonds is 3. The molecule has 130 valence electrons. The average molecular weight is 446 g/mol. The highest BCUT2D eigenvalue weighted by Crippen LogP contribution is 2.36. The topological polar surface area (TPSA) is 59.8 Å². The van der Waals surface area contributed by atoms with Gasteiger partial charge in [-0.25, -0.2) is 4.98 Å². The molecule has 0 aliphatic heterocycles. The molecule has 0 bridgehead atoms. The second kappa shape index (κ2) is 6.89. The number of anilines is 1. The Bertz CT molecular complexity index is 794. The van der Waals surface area contributed by atoms with Crippen LogP contribution in [-0.2, 0) is 11.0 Å². The molecule has 0 radical (unpaired) electrons. The lowest BCUT2D eigenvalue weighted by Crippen LogP contribution is -2.26. The molecule has 11 heteroatoms. The zero-order valence-corrected chi connectivity index (χ0v) is 15.3. The Morgan fingerprint density at radius 3 is 2.54 bits per heavy atom. The molecule has 24 heavy (non-hydrogen) atoms. The van der Waals surface area contributed by atoms with Crippen molar-refractivity contribution in [3.63, 3.8) is 0 Å². The van der Waals surface area contributed by atoms with Gasteiger partial charge < -0.3 is 5.32 Å². The standard InChI is InChI=1S/C13H10BrCl2F3N4O/c1-5-9(14)10(13(17,18)19)22-23(5)6(2)12(24)21-11-8(16)3-7(15)4-20-11/h3-4,6H,1-2H3,(H,20,21,24). The molecule has 2 aromatic rings. The second-order valence-corrected chi connectivity index (χ2v) is 6.48. The zero-order valence-electron chi connectivity index (χ0n) is 12.2. The first kappa shape index (κ1) is 19.0. The first-order chi connectivity index (χ1) is 11.0. The molecular weight excluding hydrogens is 436 g/mol. The summed E-state index contributed by atoms with van der Waals surface area (Å²) in [5.41, 5.74) is -0.928. The molecule has 0 saturated carbocycles. The minimum Gasteiger partial charge on any atom is -0.308 e. The van der Waals surface area contributed by atoms with Crippen LogP contribution in [0, 0.1) is 6.92 Å². The first-order valence-corrected chi connectivity index (χ1v) is 8.01. The molecule has 0 saturated heterocycles. The number of carbonyl (C=O) groups excluding carboxylic acids is 1. The van der Waals surface area contributed by atoms with Crippen molar-refractivity contribution in [2.45, 2.75) is 26.1 Å². The molecular formula is C13H10BrCl2F3N4O. The number of carbonyl (C=O) groups is 1. The van der Waals surface area contributed by atoms with Crippen molar-refractivity contribution >= 4 is 50.9 Å². The summed E-state index contributed by atoms with van der Waals surface area (Å²) in [5, 5.41) is 6.32. The van der Waals surface area contributed by atoms with E-state index in [1.165, 1.54) is 26.1 Å². The molecule has 0 spiro atoms. The molecule has 2 heterocycles. The highest BCUT2D eigenvalue weighted by atomic mass is 79.9. The minimum absolute atomic E-state index is 0.0536. The monoisotopic (exact) mass is 444 g/mol. The summed E-state index contributed by atoms with van der Waals surface area (Å²) in [6, 6.07) is 0.361. The Labute approximate surface area is 153 Å². The van der Waals surface area contributed by atoms with Crippen LogP contribution in [0.4, 0.5) is 19.0 Å². The number of pyridine rings is 1. The number of nitrogens with one attached hydrogen (secondary N) is 1. The minimum atomic E-state index is -4.63. The van der Waals surface area contributed by atoms with E-state index in [2.05, 4.69) is 31.3 Å². The summed E-state index contributed by atoms with van der Waals surface area (Å²) in [6.45, 7) is 2.83. The van der Waals surface area contributed by atoms with Gasteiger partial charge in [-0.15, -0.1) is 0 Å². The molecule has 1 unspecified atom stereocenters. The molecule has 0 fully saturated rings. The average Bonchev–Trinajstić information content (AvgIpc) is 2.77. The fourth-order valence-electron chi connectivity index (χ4n) is 1.90. The number of alkyl halides is 3. The van der Waals surface area contributed by atoms with Gasteiger partial charge in [0.25, 0.3) is 0 Å². The maximum atomic E-state index is 12.9. The van der Waals surface area contributed by atoms with Gasteiger partial charge in [0.05, 0.1) is 20.2 Å². The van der Waals surface area contributed by atoms with E-state index in [-0.39, 0.29) is 26.0 Å². The van der Waals surface area contributed by atoms with Gasteiger partial charge in [-0.05, 0) is 35.8 Å². The summed E-state index contributed by atoms with van der Waals surface area (Å²) >= 11 is 14.5. The predicted octanol–water partition coefficient (Wildman–Crippen LogP) is 4.87. The zero-order chi connectivity index (χ0) is 18.2. The van der Waals surface area contributed by atoms with Gasteiger partial charge in [0.1, 0.15) is 6.04 Å². The van der Waals surface area contributed by atoms with E-state index in [9.17, 15) is 18.0 Å². The van der Waals surface area contributed by atoms with Crippen LogP contribution in [-0.4, -0.2) is 20.7 Å². The van der Waals surface area contributed by atoms with Crippen LogP contribution in [0.15, 0.2) is 16.7 Å². The Morgan fingerprint density at radius 2 is 2.04 bits per heavy atom. The van der Waals surface area contributed by atoms with E-state index in [0.29, 0.717) is 0 Å². The number of halogens is 6. The Kier molecular flexibility index (Phi) is 5.46. The number of aromatic nitrogens is 3. The third kappa shape index (κ3) is 3.84. The van der Waals surface area contributed by atoms with Crippen molar-refractivity contribution in [1.82, 2.24) is 14.8 Å². The number of hydrogen-bond acceptors (Lipinski definition) is 3. The number of hydrogen-bond donors (Lipinski definition) is 1. The molecule has 2 rings (SSSR count). The lowest BCUT2D eigenvalue weighted by molar-refractivity contribution is -0.142. The molecule has 0 aromatic carbocycles. The van der Waals surface area contributed by atoms with Crippen LogP contribution in [0.5, 0.6) is 0 Å². The highest BCUT2D eigenvalue weighted by Gasteiger charge is 2.39. The fourth-order valence-corrected chi connectivity index (χ4v) is 2.81. The summed E-state index contributed by atoms with van der Waals surface area (Å²) in [5.74, 6) is -0.573. The van der Waals surface area contributed by atoms with Crippen molar-refractivity contribution < 1.29 is 18.0 Å². The molecule has 2 aromatic heterocycles. The lowest BCUT2D eigenvalue weighted by Gasteiger charge is -2.14. The van der Waals surface area contributed by atoms with E-state index in [1.54, 1.807) is 0 Å². The van der Waals surface area contributed by atoms with Crippen LogP contribution in [0.3, 0.4) is 0 Å². The number of amides is 1. The SMILES string of the molecule is Cc1c(Br)c(C(F)(F)F)nn1C(C)C(=O)Nc1ncc(Cl)cc1Cl. The highest BCUT2D eigenvalue weighted by molar-refractivity contribution is 9.10. The van der Waals surface area contributed by atoms with Crippen LogP contribution < -0.4 is 5.32 Å². The van der Waals surface area contributed by atoms with E-state index < -0.39 is 23.8 Å². The maximum Gasteiger partial charge on any atom is 0.436 e. The van der Waals surface area contributed by atoms with Gasteiger partial charge >= 0.3 is 6.18 Å². The van der Waals surface area contributed by atoms with E-state index >= 15 is 0 Å². The fraction of sp³-hybridized carbons (Fsp3) is 0.308. The van der Waals surface area contributed by atoms with Crippen LogP contribution >= 0.6 is 39.1 Å². The van der Waals surface area contributed by atoms with E-state index in [1.807, 2.05) is 0 Å². The normalized spacial score (nSPS) is 13.0. The summed E-state index contributed by atoms with van der Waals surface area (Å²) < 4.78 is 39.5. The molecule has 0 aliphatic rings. The van der Waals surface area contributed by atoms with Crippen molar-refractivity contribution in [3.8, 4) is 0 Å². The van der Waals surface area contributed by atoms with E-state index in [0.717, 1.165) is 4.68 Å². The van der Waals surface area contributed by atoms with Gasteiger partial charge in [0, 0.05) is 6.20 Å². The summed E-state index contributed by atoms with van der Waals surface area (Å²) in [7, 11) is 0. The van der Waals surface area contributed by atoms with Gasteiger partial charge in [-0.1, -0.05) is 23.2 Å². The van der Waals surface area contributed by atoms with Crippen LogP contribution in [0.2, 0.25) is 10.0 Å². The molecule has 1 amide bonds. The van der Waals surface area contributed by atoms with Gasteiger partial charge in [0.15, 0.2) is 11.5 Å². The smallest absolute Gasteiger partial charge is 0.308 e. The van der Waals surface area contributed by atoms with Gasteiger partial charge in [0.2, 0.25) is 5.91 Å². The van der Waals surface area contributed by atoms with Crippen LogP contribution in [0.1, 0.15) is 24.4 Å². The molecule has 5 nitrogen and oxygen atoms in total. The summed E-state index contributed by atoms with van der Waals surface area (Å²) in [6.07, 6.45) is -3.35. The Balaban J connectivity index is 2.28.